The first-order chi connectivity index (χ1) is 8.75. The van der Waals surface area contributed by atoms with Gasteiger partial charge in [-0.2, -0.15) is 0 Å². The number of benzene rings is 2. The van der Waals surface area contributed by atoms with Gasteiger partial charge in [0.2, 0.25) is 0 Å². The maximum absolute atomic E-state index is 4.88. The summed E-state index contributed by atoms with van der Waals surface area (Å²) in [6, 6.07) is 16.9. The van der Waals surface area contributed by atoms with Crippen molar-refractivity contribution in [2.24, 2.45) is 10.9 Å². The average Bonchev–Trinajstić information content (AvgIpc) is 2.55. The van der Waals surface area contributed by atoms with Gasteiger partial charge < -0.3 is 0 Å². The van der Waals surface area contributed by atoms with Gasteiger partial charge in [-0.3, -0.25) is 4.99 Å². The topological polar surface area (TPSA) is 12.4 Å². The summed E-state index contributed by atoms with van der Waals surface area (Å²) in [5.41, 5.74) is 3.54. The van der Waals surface area contributed by atoms with E-state index in [0.29, 0.717) is 5.92 Å². The van der Waals surface area contributed by atoms with Gasteiger partial charge >= 0.3 is 0 Å². The first-order valence-electron chi connectivity index (χ1n) is 6.20. The Labute approximate surface area is 112 Å². The Morgan fingerprint density at radius 1 is 0.889 bits per heavy atom. The molecule has 0 unspecified atom stereocenters. The summed E-state index contributed by atoms with van der Waals surface area (Å²) < 4.78 is 0. The summed E-state index contributed by atoms with van der Waals surface area (Å²) in [7, 11) is 0. The van der Waals surface area contributed by atoms with Crippen LogP contribution in [0.5, 0.6) is 0 Å². The molecule has 0 N–H and O–H groups in total. The van der Waals surface area contributed by atoms with Crippen LogP contribution in [0.2, 0.25) is 0 Å². The molecule has 0 saturated heterocycles. The van der Waals surface area contributed by atoms with Gasteiger partial charge in [-0.25, -0.2) is 0 Å². The predicted octanol–water partition coefficient (Wildman–Crippen LogP) is 4.93. The Hall–Kier alpha value is -1.54. The molecule has 1 aliphatic heterocycles. The molecular formula is C16H15NS. The second kappa shape index (κ2) is 4.62. The smallest absolute Gasteiger partial charge is 0.0772 e. The van der Waals surface area contributed by atoms with Crippen molar-refractivity contribution in [3.63, 3.8) is 0 Å². The molecule has 0 saturated carbocycles. The zero-order valence-electron chi connectivity index (χ0n) is 10.6. The van der Waals surface area contributed by atoms with E-state index < -0.39 is 0 Å². The number of fused-ring (bicyclic) bond motifs is 2. The van der Waals surface area contributed by atoms with Crippen molar-refractivity contribution in [3.8, 4) is 0 Å². The van der Waals surface area contributed by atoms with Gasteiger partial charge in [0.25, 0.3) is 0 Å². The molecule has 0 aliphatic carbocycles. The molecule has 1 nitrogen and oxygen atoms in total. The lowest BCUT2D eigenvalue weighted by Crippen LogP contribution is -2.09. The van der Waals surface area contributed by atoms with Gasteiger partial charge in [0.05, 0.1) is 11.4 Å². The third-order valence-corrected chi connectivity index (χ3v) is 4.18. The van der Waals surface area contributed by atoms with Crippen molar-refractivity contribution in [2.45, 2.75) is 23.6 Å². The highest BCUT2D eigenvalue weighted by Gasteiger charge is 2.18. The summed E-state index contributed by atoms with van der Waals surface area (Å²) in [4.78, 5) is 7.41. The number of aliphatic imine (C=N–C) groups is 1. The van der Waals surface area contributed by atoms with Crippen LogP contribution in [-0.2, 0) is 0 Å². The molecule has 90 valence electrons. The molecule has 3 rings (SSSR count). The molecule has 2 aromatic carbocycles. The highest BCUT2D eigenvalue weighted by atomic mass is 32.2. The summed E-state index contributed by atoms with van der Waals surface area (Å²) in [6.45, 7) is 4.41. The molecule has 0 radical (unpaired) electrons. The standard InChI is InChI=1S/C16H15NS/c1-11(2)16-12-7-3-5-9-14(12)18-15-10-6-4-8-13(15)17-16/h3-11H,1-2H3. The van der Waals surface area contributed by atoms with E-state index in [2.05, 4.69) is 62.4 Å². The van der Waals surface area contributed by atoms with Crippen LogP contribution in [0.15, 0.2) is 63.3 Å². The number of para-hydroxylation sites is 1. The van der Waals surface area contributed by atoms with Crippen LogP contribution in [0.3, 0.4) is 0 Å². The Morgan fingerprint density at radius 3 is 2.33 bits per heavy atom. The van der Waals surface area contributed by atoms with Gasteiger partial charge in [0, 0.05) is 15.4 Å². The average molecular weight is 253 g/mol. The highest BCUT2D eigenvalue weighted by Crippen LogP contribution is 2.40. The number of hydrogen-bond acceptors (Lipinski definition) is 2. The number of hydrogen-bond donors (Lipinski definition) is 0. The fourth-order valence-corrected chi connectivity index (χ4v) is 3.18. The van der Waals surface area contributed by atoms with E-state index in [1.807, 2.05) is 11.8 Å². The van der Waals surface area contributed by atoms with E-state index in [1.54, 1.807) is 0 Å². The van der Waals surface area contributed by atoms with Crippen LogP contribution in [0.1, 0.15) is 19.4 Å². The molecule has 0 amide bonds. The summed E-state index contributed by atoms with van der Waals surface area (Å²) in [5.74, 6) is 0.429. The molecule has 0 fully saturated rings. The SMILES string of the molecule is CC(C)C1=Nc2ccccc2Sc2ccccc21. The van der Waals surface area contributed by atoms with E-state index in [4.69, 9.17) is 4.99 Å². The van der Waals surface area contributed by atoms with Gasteiger partial charge in [-0.1, -0.05) is 55.9 Å². The van der Waals surface area contributed by atoms with E-state index in [9.17, 15) is 0 Å². The van der Waals surface area contributed by atoms with Gasteiger partial charge in [0.15, 0.2) is 0 Å². The van der Waals surface area contributed by atoms with Crippen molar-refractivity contribution in [2.75, 3.05) is 0 Å². The highest BCUT2D eigenvalue weighted by molar-refractivity contribution is 7.99. The lowest BCUT2D eigenvalue weighted by Gasteiger charge is -2.11. The molecule has 18 heavy (non-hydrogen) atoms. The first-order valence-corrected chi connectivity index (χ1v) is 7.02. The minimum atomic E-state index is 0.429. The van der Waals surface area contributed by atoms with Crippen molar-refractivity contribution >= 4 is 23.2 Å². The van der Waals surface area contributed by atoms with Gasteiger partial charge in [-0.15, -0.1) is 0 Å². The summed E-state index contributed by atoms with van der Waals surface area (Å²) >= 11 is 1.81. The molecule has 1 aliphatic rings. The van der Waals surface area contributed by atoms with Crippen molar-refractivity contribution < 1.29 is 0 Å². The van der Waals surface area contributed by atoms with E-state index >= 15 is 0 Å². The normalized spacial score (nSPS) is 13.6. The Balaban J connectivity index is 2.26. The van der Waals surface area contributed by atoms with E-state index in [0.717, 1.165) is 5.69 Å². The maximum atomic E-state index is 4.88. The maximum Gasteiger partial charge on any atom is 0.0772 e. The fraction of sp³-hybridized carbons (Fsp3) is 0.188. The third-order valence-electron chi connectivity index (χ3n) is 3.04. The van der Waals surface area contributed by atoms with Crippen LogP contribution >= 0.6 is 11.8 Å². The van der Waals surface area contributed by atoms with E-state index in [-0.39, 0.29) is 0 Å². The minimum Gasteiger partial charge on any atom is -0.251 e. The second-order valence-corrected chi connectivity index (χ2v) is 5.80. The molecule has 0 bridgehead atoms. The lowest BCUT2D eigenvalue weighted by molar-refractivity contribution is 0.882. The van der Waals surface area contributed by atoms with Crippen molar-refractivity contribution in [3.05, 3.63) is 54.1 Å². The van der Waals surface area contributed by atoms with Crippen molar-refractivity contribution in [1.29, 1.82) is 0 Å². The molecule has 1 heterocycles. The van der Waals surface area contributed by atoms with Gasteiger partial charge in [0.1, 0.15) is 0 Å². The Kier molecular flexibility index (Phi) is 2.96. The molecule has 2 heteroatoms. The molecular weight excluding hydrogens is 238 g/mol. The molecule has 0 atom stereocenters. The quantitative estimate of drug-likeness (QED) is 0.702. The predicted molar refractivity (Wildman–Crippen MR) is 78.0 cm³/mol. The van der Waals surface area contributed by atoms with E-state index in [1.165, 1.54) is 21.1 Å². The Bertz CT molecular complexity index is 614. The first kappa shape index (κ1) is 11.5. The van der Waals surface area contributed by atoms with Crippen LogP contribution < -0.4 is 0 Å². The second-order valence-electron chi connectivity index (χ2n) is 4.72. The summed E-state index contributed by atoms with van der Waals surface area (Å²) in [6.07, 6.45) is 0. The minimum absolute atomic E-state index is 0.429. The van der Waals surface area contributed by atoms with Crippen LogP contribution in [-0.4, -0.2) is 5.71 Å². The zero-order chi connectivity index (χ0) is 12.5. The van der Waals surface area contributed by atoms with Crippen molar-refractivity contribution in [1.82, 2.24) is 0 Å². The number of rotatable bonds is 1. The number of nitrogens with zero attached hydrogens (tertiary/aromatic N) is 1. The lowest BCUT2D eigenvalue weighted by atomic mass is 10.00. The molecule has 2 aromatic rings. The Morgan fingerprint density at radius 2 is 1.56 bits per heavy atom. The monoisotopic (exact) mass is 253 g/mol. The molecule has 0 aromatic heterocycles. The molecule has 0 spiro atoms. The van der Waals surface area contributed by atoms with Gasteiger partial charge in [-0.05, 0) is 24.1 Å². The van der Waals surface area contributed by atoms with Crippen LogP contribution in [0, 0.1) is 5.92 Å². The van der Waals surface area contributed by atoms with Crippen LogP contribution in [0.4, 0.5) is 5.69 Å². The van der Waals surface area contributed by atoms with Crippen LogP contribution in [0.25, 0.3) is 0 Å². The third kappa shape index (κ3) is 1.97. The largest absolute Gasteiger partial charge is 0.251 e. The summed E-state index contributed by atoms with van der Waals surface area (Å²) in [5, 5.41) is 0. The fourth-order valence-electron chi connectivity index (χ4n) is 2.15. The zero-order valence-corrected chi connectivity index (χ0v) is 11.4.